The lowest BCUT2D eigenvalue weighted by molar-refractivity contribution is 0.233. The number of sulfonamides is 1. The van der Waals surface area contributed by atoms with Crippen molar-refractivity contribution in [2.24, 2.45) is 0 Å². The molecule has 1 aliphatic rings. The van der Waals surface area contributed by atoms with Gasteiger partial charge in [0.1, 0.15) is 0 Å². The molecule has 102 valence electrons. The van der Waals surface area contributed by atoms with Crippen LogP contribution in [0.4, 0.5) is 0 Å². The second kappa shape index (κ2) is 8.29. The third-order valence-electron chi connectivity index (χ3n) is 3.00. The van der Waals surface area contributed by atoms with Crippen LogP contribution >= 0.6 is 11.6 Å². The molecule has 1 aliphatic heterocycles. The van der Waals surface area contributed by atoms with Gasteiger partial charge in [0.25, 0.3) is 0 Å². The van der Waals surface area contributed by atoms with Gasteiger partial charge in [-0.25, -0.2) is 13.1 Å². The number of alkyl halides is 1. The molecule has 0 unspecified atom stereocenters. The van der Waals surface area contributed by atoms with E-state index in [0.717, 1.165) is 26.1 Å². The lowest BCUT2D eigenvalue weighted by Gasteiger charge is -2.26. The van der Waals surface area contributed by atoms with E-state index in [4.69, 9.17) is 11.6 Å². The number of piperidine rings is 1. The Hall–Kier alpha value is 0.160. The Kier molecular flexibility index (Phi) is 7.43. The molecule has 0 amide bonds. The summed E-state index contributed by atoms with van der Waals surface area (Å²) in [7, 11) is -3.09. The first kappa shape index (κ1) is 15.2. The maximum atomic E-state index is 11.6. The predicted octanol–water partition coefficient (Wildman–Crippen LogP) is 1.41. The first-order chi connectivity index (χ1) is 8.14. The zero-order valence-electron chi connectivity index (χ0n) is 10.3. The van der Waals surface area contributed by atoms with Crippen LogP contribution in [0.3, 0.4) is 0 Å². The van der Waals surface area contributed by atoms with Crippen molar-refractivity contribution in [3.8, 4) is 0 Å². The van der Waals surface area contributed by atoms with Gasteiger partial charge in [0.05, 0.1) is 5.75 Å². The third kappa shape index (κ3) is 7.24. The van der Waals surface area contributed by atoms with Crippen LogP contribution in [0.5, 0.6) is 0 Å². The van der Waals surface area contributed by atoms with Crippen molar-refractivity contribution >= 4 is 21.6 Å². The van der Waals surface area contributed by atoms with Gasteiger partial charge in [0, 0.05) is 19.0 Å². The smallest absolute Gasteiger partial charge is 0.211 e. The van der Waals surface area contributed by atoms with Gasteiger partial charge in [-0.2, -0.15) is 0 Å². The zero-order chi connectivity index (χ0) is 12.6. The Bertz CT molecular complexity index is 290. The fourth-order valence-corrected chi connectivity index (χ4v) is 3.32. The van der Waals surface area contributed by atoms with E-state index in [9.17, 15) is 8.42 Å². The van der Waals surface area contributed by atoms with E-state index in [0.29, 0.717) is 18.8 Å². The average molecular weight is 283 g/mol. The van der Waals surface area contributed by atoms with Crippen molar-refractivity contribution in [1.29, 1.82) is 0 Å². The van der Waals surface area contributed by atoms with Crippen LogP contribution in [-0.4, -0.2) is 51.1 Å². The molecular weight excluding hydrogens is 260 g/mol. The maximum absolute atomic E-state index is 11.6. The Morgan fingerprint density at radius 3 is 2.47 bits per heavy atom. The molecule has 0 aromatic rings. The number of nitrogens with zero attached hydrogens (tertiary/aromatic N) is 1. The summed E-state index contributed by atoms with van der Waals surface area (Å²) < 4.78 is 25.8. The van der Waals surface area contributed by atoms with E-state index in [2.05, 4.69) is 9.62 Å². The van der Waals surface area contributed by atoms with Gasteiger partial charge in [0.15, 0.2) is 0 Å². The van der Waals surface area contributed by atoms with Crippen molar-refractivity contribution in [2.45, 2.75) is 32.1 Å². The Labute approximate surface area is 110 Å². The molecule has 1 N–H and O–H groups in total. The lowest BCUT2D eigenvalue weighted by atomic mass is 10.1. The van der Waals surface area contributed by atoms with Crippen LogP contribution in [0, 0.1) is 0 Å². The van der Waals surface area contributed by atoms with Crippen LogP contribution in [0.15, 0.2) is 0 Å². The number of nitrogens with one attached hydrogen (secondary N) is 1. The molecule has 0 aromatic heterocycles. The van der Waals surface area contributed by atoms with Gasteiger partial charge in [-0.15, -0.1) is 11.6 Å². The first-order valence-corrected chi connectivity index (χ1v) is 8.58. The van der Waals surface area contributed by atoms with E-state index >= 15 is 0 Å². The van der Waals surface area contributed by atoms with Gasteiger partial charge in [0.2, 0.25) is 10.0 Å². The largest absolute Gasteiger partial charge is 0.302 e. The Morgan fingerprint density at radius 1 is 1.12 bits per heavy atom. The van der Waals surface area contributed by atoms with Crippen LogP contribution in [-0.2, 0) is 10.0 Å². The highest BCUT2D eigenvalue weighted by atomic mass is 35.5. The molecule has 0 bridgehead atoms. The molecule has 1 heterocycles. The van der Waals surface area contributed by atoms with E-state index in [-0.39, 0.29) is 5.75 Å². The summed E-state index contributed by atoms with van der Waals surface area (Å²) in [5, 5.41) is 0. The molecule has 1 fully saturated rings. The minimum Gasteiger partial charge on any atom is -0.302 e. The fourth-order valence-electron chi connectivity index (χ4n) is 2.00. The minimum absolute atomic E-state index is 0.194. The molecule has 1 saturated heterocycles. The molecule has 4 nitrogen and oxygen atoms in total. The maximum Gasteiger partial charge on any atom is 0.211 e. The summed E-state index contributed by atoms with van der Waals surface area (Å²) in [4.78, 5) is 2.32. The summed E-state index contributed by atoms with van der Waals surface area (Å²) >= 11 is 5.51. The second-order valence-electron chi connectivity index (χ2n) is 4.51. The summed E-state index contributed by atoms with van der Waals surface area (Å²) in [5.41, 5.74) is 0. The van der Waals surface area contributed by atoms with E-state index in [1.165, 1.54) is 19.3 Å². The number of likely N-dealkylation sites (tertiary alicyclic amines) is 1. The minimum atomic E-state index is -3.09. The number of rotatable bonds is 8. The standard InChI is InChI=1S/C11H23ClN2O2S/c12-6-2-5-11-17(15,16)13-7-10-14-8-3-1-4-9-14/h13H,1-11H2. The monoisotopic (exact) mass is 282 g/mol. The van der Waals surface area contributed by atoms with E-state index in [1.54, 1.807) is 0 Å². The van der Waals surface area contributed by atoms with Crippen molar-refractivity contribution in [3.63, 3.8) is 0 Å². The Morgan fingerprint density at radius 2 is 1.82 bits per heavy atom. The quantitative estimate of drug-likeness (QED) is 0.541. The highest BCUT2D eigenvalue weighted by molar-refractivity contribution is 7.89. The highest BCUT2D eigenvalue weighted by Crippen LogP contribution is 2.07. The summed E-state index contributed by atoms with van der Waals surface area (Å²) in [6, 6.07) is 0. The van der Waals surface area contributed by atoms with Crippen molar-refractivity contribution < 1.29 is 8.42 Å². The first-order valence-electron chi connectivity index (χ1n) is 6.40. The Balaban J connectivity index is 2.11. The average Bonchev–Trinajstić information content (AvgIpc) is 2.30. The summed E-state index contributed by atoms with van der Waals surface area (Å²) in [6.07, 6.45) is 5.18. The second-order valence-corrected chi connectivity index (χ2v) is 6.82. The van der Waals surface area contributed by atoms with E-state index < -0.39 is 10.0 Å². The number of unbranched alkanes of at least 4 members (excludes halogenated alkanes) is 1. The summed E-state index contributed by atoms with van der Waals surface area (Å²) in [5.74, 6) is 0.725. The summed E-state index contributed by atoms with van der Waals surface area (Å²) in [6.45, 7) is 3.57. The van der Waals surface area contributed by atoms with Crippen LogP contribution in [0.1, 0.15) is 32.1 Å². The molecule has 0 atom stereocenters. The molecule has 0 radical (unpaired) electrons. The molecule has 0 aromatic carbocycles. The zero-order valence-corrected chi connectivity index (χ0v) is 11.9. The molecule has 6 heteroatoms. The molecule has 0 aliphatic carbocycles. The van der Waals surface area contributed by atoms with Crippen molar-refractivity contribution in [1.82, 2.24) is 9.62 Å². The van der Waals surface area contributed by atoms with Gasteiger partial charge < -0.3 is 4.90 Å². The molecule has 1 rings (SSSR count). The topological polar surface area (TPSA) is 49.4 Å². The number of halogens is 1. The van der Waals surface area contributed by atoms with Crippen molar-refractivity contribution in [2.75, 3.05) is 37.8 Å². The molecular formula is C11H23ClN2O2S. The highest BCUT2D eigenvalue weighted by Gasteiger charge is 2.12. The fraction of sp³-hybridized carbons (Fsp3) is 1.00. The molecule has 0 spiro atoms. The normalized spacial score (nSPS) is 18.4. The van der Waals surface area contributed by atoms with Gasteiger partial charge >= 0.3 is 0 Å². The van der Waals surface area contributed by atoms with Gasteiger partial charge in [-0.1, -0.05) is 6.42 Å². The molecule has 0 saturated carbocycles. The number of hydrogen-bond donors (Lipinski definition) is 1. The van der Waals surface area contributed by atoms with Crippen molar-refractivity contribution in [3.05, 3.63) is 0 Å². The SMILES string of the molecule is O=S(=O)(CCCCCl)NCCN1CCCCC1. The van der Waals surface area contributed by atoms with Gasteiger partial charge in [-0.05, 0) is 38.8 Å². The molecule has 17 heavy (non-hydrogen) atoms. The van der Waals surface area contributed by atoms with Crippen LogP contribution in [0.25, 0.3) is 0 Å². The van der Waals surface area contributed by atoms with E-state index in [1.807, 2.05) is 0 Å². The third-order valence-corrected chi connectivity index (χ3v) is 4.73. The predicted molar refractivity (Wildman–Crippen MR) is 72.0 cm³/mol. The lowest BCUT2D eigenvalue weighted by Crippen LogP contribution is -2.38. The van der Waals surface area contributed by atoms with Crippen LogP contribution in [0.2, 0.25) is 0 Å². The number of hydrogen-bond acceptors (Lipinski definition) is 3. The van der Waals surface area contributed by atoms with Crippen LogP contribution < -0.4 is 4.72 Å². The van der Waals surface area contributed by atoms with Gasteiger partial charge in [-0.3, -0.25) is 0 Å².